The molecule has 25 heavy (non-hydrogen) atoms. The lowest BCUT2D eigenvalue weighted by Crippen LogP contribution is -2.17. The summed E-state index contributed by atoms with van der Waals surface area (Å²) in [5.41, 5.74) is 2.04. The maximum absolute atomic E-state index is 11.5. The zero-order valence-corrected chi connectivity index (χ0v) is 14.4. The highest BCUT2D eigenvalue weighted by Gasteiger charge is 2.24. The van der Waals surface area contributed by atoms with Crippen molar-refractivity contribution in [2.24, 2.45) is 0 Å². The molecule has 0 spiro atoms. The van der Waals surface area contributed by atoms with Crippen LogP contribution in [0.3, 0.4) is 0 Å². The molecule has 1 heterocycles. The average Bonchev–Trinajstić information content (AvgIpc) is 3.01. The largest absolute Gasteiger partial charge is 0.322 e. The van der Waals surface area contributed by atoms with Crippen molar-refractivity contribution in [1.82, 2.24) is 0 Å². The molecule has 1 aromatic heterocycles. The second-order valence-corrected chi connectivity index (χ2v) is 6.74. The quantitative estimate of drug-likeness (QED) is 0.470. The number of anilines is 2. The Balaban J connectivity index is 2.16. The number of nitriles is 1. The molecule has 0 aliphatic rings. The van der Waals surface area contributed by atoms with Gasteiger partial charge in [0.1, 0.15) is 16.8 Å². The standard InChI is InChI=1S/C19H15N3O2S/c1-14-11-16(12-20)19(25-14)21(13-15-7-3-2-4-8-15)17-9-5-6-10-18(17)22(23)24/h2-11H,13H2,1H3. The molecule has 5 nitrogen and oxygen atoms in total. The summed E-state index contributed by atoms with van der Waals surface area (Å²) in [7, 11) is 0. The number of thiophene rings is 1. The third kappa shape index (κ3) is 3.52. The van der Waals surface area contributed by atoms with Crippen LogP contribution in [0.4, 0.5) is 16.4 Å². The van der Waals surface area contributed by atoms with Crippen molar-refractivity contribution in [2.75, 3.05) is 4.90 Å². The Morgan fingerprint density at radius 1 is 1.16 bits per heavy atom. The van der Waals surface area contributed by atoms with Gasteiger partial charge in [0, 0.05) is 17.5 Å². The fraction of sp³-hybridized carbons (Fsp3) is 0.105. The second-order valence-electron chi connectivity index (χ2n) is 5.51. The van der Waals surface area contributed by atoms with Gasteiger partial charge in [0.25, 0.3) is 5.69 Å². The molecule has 0 fully saturated rings. The summed E-state index contributed by atoms with van der Waals surface area (Å²) in [5.74, 6) is 0. The minimum atomic E-state index is -0.389. The molecule has 3 aromatic rings. The van der Waals surface area contributed by atoms with E-state index >= 15 is 0 Å². The molecule has 0 unspecified atom stereocenters. The van der Waals surface area contributed by atoms with Crippen molar-refractivity contribution < 1.29 is 4.92 Å². The van der Waals surface area contributed by atoms with Crippen LogP contribution in [0.15, 0.2) is 60.7 Å². The Hall–Kier alpha value is -3.17. The lowest BCUT2D eigenvalue weighted by atomic mass is 10.1. The Morgan fingerprint density at radius 3 is 2.52 bits per heavy atom. The second kappa shape index (κ2) is 7.16. The molecule has 0 N–H and O–H groups in total. The number of hydrogen-bond acceptors (Lipinski definition) is 5. The van der Waals surface area contributed by atoms with Crippen molar-refractivity contribution in [3.8, 4) is 6.07 Å². The van der Waals surface area contributed by atoms with Crippen molar-refractivity contribution in [2.45, 2.75) is 13.5 Å². The zero-order valence-electron chi connectivity index (χ0n) is 13.5. The van der Waals surface area contributed by atoms with Crippen LogP contribution in [0.25, 0.3) is 0 Å². The molecule has 6 heteroatoms. The van der Waals surface area contributed by atoms with Crippen LogP contribution in [-0.2, 0) is 6.54 Å². The van der Waals surface area contributed by atoms with Gasteiger partial charge in [-0.15, -0.1) is 11.3 Å². The Kier molecular flexibility index (Phi) is 4.78. The summed E-state index contributed by atoms with van der Waals surface area (Å²) in [5, 5.41) is 21.7. The van der Waals surface area contributed by atoms with Crippen LogP contribution in [-0.4, -0.2) is 4.92 Å². The molecular formula is C19H15N3O2S. The Labute approximate surface area is 149 Å². The van der Waals surface area contributed by atoms with E-state index in [0.717, 1.165) is 15.4 Å². The van der Waals surface area contributed by atoms with Gasteiger partial charge in [-0.3, -0.25) is 10.1 Å². The first-order chi connectivity index (χ1) is 12.1. The molecule has 0 atom stereocenters. The topological polar surface area (TPSA) is 70.2 Å². The molecule has 0 aliphatic carbocycles. The third-order valence-corrected chi connectivity index (χ3v) is 4.83. The molecular weight excluding hydrogens is 334 g/mol. The third-order valence-electron chi connectivity index (χ3n) is 3.75. The van der Waals surface area contributed by atoms with Crippen molar-refractivity contribution in [3.63, 3.8) is 0 Å². The van der Waals surface area contributed by atoms with Gasteiger partial charge in [0.2, 0.25) is 0 Å². The van der Waals surface area contributed by atoms with E-state index in [2.05, 4.69) is 6.07 Å². The van der Waals surface area contributed by atoms with E-state index in [9.17, 15) is 15.4 Å². The number of benzene rings is 2. The van der Waals surface area contributed by atoms with Gasteiger partial charge in [0.15, 0.2) is 0 Å². The van der Waals surface area contributed by atoms with Crippen LogP contribution in [0.1, 0.15) is 16.0 Å². The molecule has 0 saturated heterocycles. The van der Waals surface area contributed by atoms with E-state index in [0.29, 0.717) is 17.8 Å². The number of rotatable bonds is 5. The summed E-state index contributed by atoms with van der Waals surface area (Å²) >= 11 is 1.46. The summed E-state index contributed by atoms with van der Waals surface area (Å²) in [6.07, 6.45) is 0. The summed E-state index contributed by atoms with van der Waals surface area (Å²) in [6.45, 7) is 2.37. The first kappa shape index (κ1) is 16.7. The van der Waals surface area contributed by atoms with E-state index in [1.54, 1.807) is 18.2 Å². The van der Waals surface area contributed by atoms with Crippen LogP contribution >= 0.6 is 11.3 Å². The molecule has 0 bridgehead atoms. The lowest BCUT2D eigenvalue weighted by Gasteiger charge is -2.23. The van der Waals surface area contributed by atoms with Crippen LogP contribution in [0.5, 0.6) is 0 Å². The molecule has 0 amide bonds. The van der Waals surface area contributed by atoms with E-state index < -0.39 is 0 Å². The highest BCUT2D eigenvalue weighted by atomic mass is 32.1. The lowest BCUT2D eigenvalue weighted by molar-refractivity contribution is -0.384. The van der Waals surface area contributed by atoms with Gasteiger partial charge in [-0.2, -0.15) is 5.26 Å². The fourth-order valence-electron chi connectivity index (χ4n) is 2.66. The fourth-order valence-corrected chi connectivity index (χ4v) is 3.63. The van der Waals surface area contributed by atoms with Gasteiger partial charge < -0.3 is 4.90 Å². The first-order valence-electron chi connectivity index (χ1n) is 7.65. The van der Waals surface area contributed by atoms with Crippen molar-refractivity contribution in [1.29, 1.82) is 5.26 Å². The predicted octanol–water partition coefficient (Wildman–Crippen LogP) is 5.17. The highest BCUT2D eigenvalue weighted by Crippen LogP contribution is 2.40. The number of nitro groups is 1. The molecule has 2 aromatic carbocycles. The van der Waals surface area contributed by atoms with Crippen molar-refractivity contribution >= 4 is 27.7 Å². The predicted molar refractivity (Wildman–Crippen MR) is 99.2 cm³/mol. The van der Waals surface area contributed by atoms with Gasteiger partial charge in [-0.25, -0.2) is 0 Å². The number of aryl methyl sites for hydroxylation is 1. The van der Waals surface area contributed by atoms with Gasteiger partial charge in [0.05, 0.1) is 10.5 Å². The van der Waals surface area contributed by atoms with E-state index in [-0.39, 0.29) is 10.6 Å². The SMILES string of the molecule is Cc1cc(C#N)c(N(Cc2ccccc2)c2ccccc2[N+](=O)[O-])s1. The van der Waals surface area contributed by atoms with Gasteiger partial charge in [-0.1, -0.05) is 42.5 Å². The number of nitrogens with zero attached hydrogens (tertiary/aromatic N) is 3. The van der Waals surface area contributed by atoms with Crippen LogP contribution in [0, 0.1) is 28.4 Å². The molecule has 0 aliphatic heterocycles. The minimum absolute atomic E-state index is 0.0216. The monoisotopic (exact) mass is 349 g/mol. The average molecular weight is 349 g/mol. The van der Waals surface area contributed by atoms with E-state index in [1.807, 2.05) is 48.2 Å². The summed E-state index contributed by atoms with van der Waals surface area (Å²) in [4.78, 5) is 13.9. The van der Waals surface area contributed by atoms with Crippen LogP contribution < -0.4 is 4.90 Å². The zero-order chi connectivity index (χ0) is 17.8. The molecule has 3 rings (SSSR count). The maximum atomic E-state index is 11.5. The number of hydrogen-bond donors (Lipinski definition) is 0. The maximum Gasteiger partial charge on any atom is 0.292 e. The first-order valence-corrected chi connectivity index (χ1v) is 8.47. The highest BCUT2D eigenvalue weighted by molar-refractivity contribution is 7.16. The Bertz CT molecular complexity index is 945. The smallest absolute Gasteiger partial charge is 0.292 e. The number of nitro benzene ring substituents is 1. The molecule has 124 valence electrons. The normalized spacial score (nSPS) is 10.2. The van der Waals surface area contributed by atoms with Gasteiger partial charge in [-0.05, 0) is 24.6 Å². The summed E-state index contributed by atoms with van der Waals surface area (Å²) < 4.78 is 0. The van der Waals surface area contributed by atoms with Crippen LogP contribution in [0.2, 0.25) is 0 Å². The number of para-hydroxylation sites is 2. The van der Waals surface area contributed by atoms with E-state index in [1.165, 1.54) is 17.4 Å². The van der Waals surface area contributed by atoms with E-state index in [4.69, 9.17) is 0 Å². The van der Waals surface area contributed by atoms with Gasteiger partial charge >= 0.3 is 0 Å². The molecule has 0 radical (unpaired) electrons. The Morgan fingerprint density at radius 2 is 1.84 bits per heavy atom. The summed E-state index contributed by atoms with van der Waals surface area (Å²) in [6, 6.07) is 20.3. The minimum Gasteiger partial charge on any atom is -0.322 e. The van der Waals surface area contributed by atoms with Crippen molar-refractivity contribution in [3.05, 3.63) is 86.8 Å². The molecule has 0 saturated carbocycles.